The Bertz CT molecular complexity index is 1100. The molecule has 1 atom stereocenters. The molecule has 0 spiro atoms. The third-order valence-corrected chi connectivity index (χ3v) is 7.72. The van der Waals surface area contributed by atoms with Gasteiger partial charge in [-0.05, 0) is 78.9 Å². The standard InChI is InChI=1S/C32H41NO2.HNO3/c1-31(2,3)26-18-16-25(17-19-26)30(34)15-10-22-33-23-20-29(21-24-33)32(35,27-11-6-4-7-12-27)28-13-8-5-9-14-28;2-1(3)4/h4-9,11-14,16-19,29-30,34-35H,10,15,20-24H2,1-3H3;(H,2,3,4). The van der Waals surface area contributed by atoms with Gasteiger partial charge in [-0.25, -0.2) is 0 Å². The molecule has 1 aliphatic rings. The fourth-order valence-electron chi connectivity index (χ4n) is 5.48. The molecule has 0 radical (unpaired) electrons. The minimum atomic E-state index is -1.50. The number of piperidine rings is 1. The Kier molecular flexibility index (Phi) is 10.6. The molecule has 0 saturated carbocycles. The first kappa shape index (κ1) is 30.3. The highest BCUT2D eigenvalue weighted by molar-refractivity contribution is 5.37. The molecule has 1 unspecified atom stereocenters. The molecule has 1 aliphatic heterocycles. The Morgan fingerprint density at radius 3 is 1.77 bits per heavy atom. The zero-order valence-corrected chi connectivity index (χ0v) is 23.2. The van der Waals surface area contributed by atoms with Crippen molar-refractivity contribution < 1.29 is 20.5 Å². The van der Waals surface area contributed by atoms with E-state index in [0.717, 1.165) is 62.0 Å². The lowest BCUT2D eigenvalue weighted by Gasteiger charge is -2.42. The minimum absolute atomic E-state index is 0.128. The van der Waals surface area contributed by atoms with E-state index in [-0.39, 0.29) is 11.3 Å². The number of nitrogens with zero attached hydrogens (tertiary/aromatic N) is 2. The molecule has 3 aromatic carbocycles. The smallest absolute Gasteiger partial charge is 0.291 e. The number of aliphatic hydroxyl groups is 2. The van der Waals surface area contributed by atoms with Gasteiger partial charge < -0.3 is 20.3 Å². The number of likely N-dealkylation sites (tertiary alicyclic amines) is 1. The summed E-state index contributed by atoms with van der Waals surface area (Å²) < 4.78 is 0. The van der Waals surface area contributed by atoms with Crippen molar-refractivity contribution in [1.29, 1.82) is 0 Å². The van der Waals surface area contributed by atoms with Crippen molar-refractivity contribution in [1.82, 2.24) is 4.90 Å². The first-order valence-corrected chi connectivity index (χ1v) is 13.7. The maximum atomic E-state index is 12.1. The van der Waals surface area contributed by atoms with E-state index < -0.39 is 16.8 Å². The van der Waals surface area contributed by atoms with Gasteiger partial charge in [-0.2, -0.15) is 0 Å². The highest BCUT2D eigenvalue weighted by atomic mass is 16.9. The normalized spacial score (nSPS) is 15.7. The molecular formula is C32H42N2O5. The molecule has 39 heavy (non-hydrogen) atoms. The molecule has 7 heteroatoms. The van der Waals surface area contributed by atoms with Gasteiger partial charge in [0.2, 0.25) is 0 Å². The van der Waals surface area contributed by atoms with Gasteiger partial charge in [0.15, 0.2) is 0 Å². The second-order valence-corrected chi connectivity index (χ2v) is 11.4. The van der Waals surface area contributed by atoms with Crippen LogP contribution in [-0.4, -0.2) is 45.0 Å². The average Bonchev–Trinajstić information content (AvgIpc) is 2.93. The zero-order valence-electron chi connectivity index (χ0n) is 23.2. The van der Waals surface area contributed by atoms with Crippen LogP contribution < -0.4 is 0 Å². The van der Waals surface area contributed by atoms with E-state index in [4.69, 9.17) is 15.3 Å². The van der Waals surface area contributed by atoms with Crippen LogP contribution >= 0.6 is 0 Å². The topological polar surface area (TPSA) is 107 Å². The lowest BCUT2D eigenvalue weighted by Crippen LogP contribution is -2.44. The van der Waals surface area contributed by atoms with Gasteiger partial charge in [0.1, 0.15) is 5.60 Å². The van der Waals surface area contributed by atoms with Gasteiger partial charge in [-0.1, -0.05) is 106 Å². The second kappa shape index (κ2) is 13.7. The summed E-state index contributed by atoms with van der Waals surface area (Å²) in [6.07, 6.45) is 3.23. The highest BCUT2D eigenvalue weighted by Gasteiger charge is 2.41. The van der Waals surface area contributed by atoms with E-state index >= 15 is 0 Å². The predicted molar refractivity (Wildman–Crippen MR) is 153 cm³/mol. The van der Waals surface area contributed by atoms with Gasteiger partial charge in [0.05, 0.1) is 6.10 Å². The average molecular weight is 535 g/mol. The van der Waals surface area contributed by atoms with Crippen LogP contribution in [0.3, 0.4) is 0 Å². The first-order valence-electron chi connectivity index (χ1n) is 13.7. The Balaban J connectivity index is 0.000000983. The van der Waals surface area contributed by atoms with Crippen LogP contribution in [0.4, 0.5) is 0 Å². The minimum Gasteiger partial charge on any atom is -0.388 e. The summed E-state index contributed by atoms with van der Waals surface area (Å²) in [4.78, 5) is 10.8. The van der Waals surface area contributed by atoms with Crippen LogP contribution in [0.15, 0.2) is 84.9 Å². The van der Waals surface area contributed by atoms with E-state index in [2.05, 4.69) is 74.2 Å². The summed E-state index contributed by atoms with van der Waals surface area (Å²) in [6, 6.07) is 28.7. The summed E-state index contributed by atoms with van der Waals surface area (Å²) in [5.41, 5.74) is 3.41. The Morgan fingerprint density at radius 2 is 1.33 bits per heavy atom. The lowest BCUT2D eigenvalue weighted by molar-refractivity contribution is -0.742. The van der Waals surface area contributed by atoms with Gasteiger partial charge in [-0.15, -0.1) is 10.1 Å². The van der Waals surface area contributed by atoms with Crippen LogP contribution in [0.25, 0.3) is 0 Å². The zero-order chi connectivity index (χ0) is 28.5. The molecule has 1 fully saturated rings. The number of hydrogen-bond donors (Lipinski definition) is 3. The second-order valence-electron chi connectivity index (χ2n) is 11.4. The molecule has 0 bridgehead atoms. The number of benzene rings is 3. The molecule has 0 amide bonds. The van der Waals surface area contributed by atoms with Crippen molar-refractivity contribution in [3.63, 3.8) is 0 Å². The van der Waals surface area contributed by atoms with Gasteiger partial charge in [0.25, 0.3) is 5.09 Å². The molecule has 1 heterocycles. The monoisotopic (exact) mass is 534 g/mol. The van der Waals surface area contributed by atoms with E-state index in [1.54, 1.807) is 0 Å². The van der Waals surface area contributed by atoms with Crippen molar-refractivity contribution >= 4 is 0 Å². The predicted octanol–water partition coefficient (Wildman–Crippen LogP) is 6.10. The Morgan fingerprint density at radius 1 is 0.872 bits per heavy atom. The van der Waals surface area contributed by atoms with Crippen molar-refractivity contribution in [2.24, 2.45) is 5.92 Å². The third-order valence-electron chi connectivity index (χ3n) is 7.72. The maximum absolute atomic E-state index is 12.1. The molecule has 3 aromatic rings. The van der Waals surface area contributed by atoms with Gasteiger partial charge in [-0.3, -0.25) is 0 Å². The Hall–Kier alpha value is -3.26. The molecule has 0 aromatic heterocycles. The van der Waals surface area contributed by atoms with Crippen LogP contribution in [-0.2, 0) is 11.0 Å². The highest BCUT2D eigenvalue weighted by Crippen LogP contribution is 2.42. The summed E-state index contributed by atoms with van der Waals surface area (Å²) in [5.74, 6) is 0.176. The molecule has 4 rings (SSSR count). The summed E-state index contributed by atoms with van der Waals surface area (Å²) in [6.45, 7) is 9.57. The number of rotatable bonds is 8. The first-order chi connectivity index (χ1) is 18.5. The largest absolute Gasteiger partial charge is 0.388 e. The van der Waals surface area contributed by atoms with Crippen LogP contribution in [0, 0.1) is 16.0 Å². The Labute approximate surface area is 231 Å². The summed E-state index contributed by atoms with van der Waals surface area (Å²) in [5, 5.41) is 36.4. The van der Waals surface area contributed by atoms with E-state index in [1.165, 1.54) is 5.56 Å². The fraction of sp³-hybridized carbons (Fsp3) is 0.438. The van der Waals surface area contributed by atoms with Crippen LogP contribution in [0.5, 0.6) is 0 Å². The van der Waals surface area contributed by atoms with E-state index in [1.807, 2.05) is 36.4 Å². The van der Waals surface area contributed by atoms with Crippen molar-refractivity contribution in [3.8, 4) is 0 Å². The molecule has 7 nitrogen and oxygen atoms in total. The van der Waals surface area contributed by atoms with Gasteiger partial charge >= 0.3 is 0 Å². The van der Waals surface area contributed by atoms with Crippen LogP contribution in [0.1, 0.15) is 74.8 Å². The fourth-order valence-corrected chi connectivity index (χ4v) is 5.48. The lowest BCUT2D eigenvalue weighted by atomic mass is 9.72. The van der Waals surface area contributed by atoms with Gasteiger partial charge in [0, 0.05) is 0 Å². The molecule has 210 valence electrons. The third kappa shape index (κ3) is 8.36. The quantitative estimate of drug-likeness (QED) is 0.238. The molecule has 0 aliphatic carbocycles. The number of hydrogen-bond acceptors (Lipinski definition) is 5. The van der Waals surface area contributed by atoms with E-state index in [9.17, 15) is 10.2 Å². The molecule has 3 N–H and O–H groups in total. The molecule has 1 saturated heterocycles. The summed E-state index contributed by atoms with van der Waals surface area (Å²) in [7, 11) is 0. The van der Waals surface area contributed by atoms with Crippen molar-refractivity contribution in [2.75, 3.05) is 19.6 Å². The maximum Gasteiger partial charge on any atom is 0.291 e. The number of aliphatic hydroxyl groups excluding tert-OH is 1. The summed E-state index contributed by atoms with van der Waals surface area (Å²) >= 11 is 0. The van der Waals surface area contributed by atoms with Crippen molar-refractivity contribution in [2.45, 2.75) is 63.6 Å². The van der Waals surface area contributed by atoms with E-state index in [0.29, 0.717) is 0 Å². The van der Waals surface area contributed by atoms with Crippen LogP contribution in [0.2, 0.25) is 0 Å². The SMILES string of the molecule is CC(C)(C)c1ccc(C(O)CCCN2CCC(C(O)(c3ccccc3)c3ccccc3)CC2)cc1.O=[N+]([O-])O. The van der Waals surface area contributed by atoms with Crippen molar-refractivity contribution in [3.05, 3.63) is 117 Å². The molecular weight excluding hydrogens is 492 g/mol.